The summed E-state index contributed by atoms with van der Waals surface area (Å²) in [4.78, 5) is 14.7. The molecule has 0 aliphatic carbocycles. The van der Waals surface area contributed by atoms with E-state index < -0.39 is 0 Å². The highest BCUT2D eigenvalue weighted by Gasteiger charge is 2.30. The molecule has 2 aromatic carbocycles. The Balaban J connectivity index is 1.79. The van der Waals surface area contributed by atoms with E-state index in [-0.39, 0.29) is 22.5 Å². The van der Waals surface area contributed by atoms with Crippen LogP contribution in [-0.4, -0.2) is 31.1 Å². The predicted molar refractivity (Wildman–Crippen MR) is 93.5 cm³/mol. The minimum atomic E-state index is -0.378. The quantitative estimate of drug-likeness (QED) is 0.616. The summed E-state index contributed by atoms with van der Waals surface area (Å²) in [6.45, 7) is 1.29. The van der Waals surface area contributed by atoms with Crippen molar-refractivity contribution in [2.45, 2.75) is 12.5 Å². The number of rotatable bonds is 4. The molecule has 1 fully saturated rings. The second-order valence-electron chi connectivity index (χ2n) is 5.84. The van der Waals surface area contributed by atoms with E-state index in [1.165, 1.54) is 12.1 Å². The summed E-state index contributed by atoms with van der Waals surface area (Å²) >= 11 is 5.80. The number of hydrogen-bond donors (Lipinski definition) is 0. The van der Waals surface area contributed by atoms with Crippen LogP contribution in [0.15, 0.2) is 42.5 Å². The van der Waals surface area contributed by atoms with E-state index in [2.05, 4.69) is 0 Å². The maximum atomic E-state index is 14.1. The fraction of sp³-hybridized carbons (Fsp3) is 0.294. The van der Waals surface area contributed by atoms with Crippen molar-refractivity contribution in [3.8, 4) is 0 Å². The number of hydrogen-bond acceptors (Lipinski definition) is 4. The van der Waals surface area contributed by atoms with Crippen LogP contribution in [0.1, 0.15) is 6.42 Å². The van der Waals surface area contributed by atoms with Gasteiger partial charge >= 0.3 is 0 Å². The van der Waals surface area contributed by atoms with Gasteiger partial charge < -0.3 is 9.80 Å². The Bertz CT molecular complexity index is 771. The summed E-state index contributed by atoms with van der Waals surface area (Å²) in [7, 11) is 1.84. The minimum absolute atomic E-state index is 0.0705. The molecule has 0 N–H and O–H groups in total. The lowest BCUT2D eigenvalue weighted by atomic mass is 10.2. The zero-order chi connectivity index (χ0) is 17.3. The van der Waals surface area contributed by atoms with E-state index >= 15 is 0 Å². The molecule has 1 saturated heterocycles. The molecule has 3 rings (SSSR count). The van der Waals surface area contributed by atoms with Gasteiger partial charge in [0.2, 0.25) is 0 Å². The molecule has 0 bridgehead atoms. The van der Waals surface area contributed by atoms with E-state index in [4.69, 9.17) is 11.6 Å². The average Bonchev–Trinajstić information content (AvgIpc) is 3.03. The molecule has 1 atom stereocenters. The summed E-state index contributed by atoms with van der Waals surface area (Å²) in [6.07, 6.45) is 0.796. The van der Waals surface area contributed by atoms with Crippen LogP contribution in [-0.2, 0) is 0 Å². The van der Waals surface area contributed by atoms with E-state index in [9.17, 15) is 14.5 Å². The first-order chi connectivity index (χ1) is 11.5. The van der Waals surface area contributed by atoms with Crippen LogP contribution in [0.2, 0.25) is 5.02 Å². The minimum Gasteiger partial charge on any atom is -0.367 e. The molecule has 5 nitrogen and oxygen atoms in total. The van der Waals surface area contributed by atoms with Crippen molar-refractivity contribution in [1.82, 2.24) is 0 Å². The van der Waals surface area contributed by atoms with Crippen LogP contribution in [0.5, 0.6) is 0 Å². The fourth-order valence-electron chi connectivity index (χ4n) is 3.13. The maximum absolute atomic E-state index is 14.1. The first kappa shape index (κ1) is 16.5. The summed E-state index contributed by atoms with van der Waals surface area (Å²) in [5, 5.41) is 11.6. The van der Waals surface area contributed by atoms with Gasteiger partial charge in [-0.1, -0.05) is 23.7 Å². The Morgan fingerprint density at radius 3 is 2.79 bits per heavy atom. The molecule has 0 radical (unpaired) electrons. The van der Waals surface area contributed by atoms with Crippen LogP contribution < -0.4 is 9.80 Å². The van der Waals surface area contributed by atoms with E-state index in [1.54, 1.807) is 30.3 Å². The van der Waals surface area contributed by atoms with Gasteiger partial charge in [0, 0.05) is 37.3 Å². The number of para-hydroxylation sites is 2. The number of nitro groups is 1. The van der Waals surface area contributed by atoms with Crippen molar-refractivity contribution >= 4 is 28.7 Å². The monoisotopic (exact) mass is 349 g/mol. The largest absolute Gasteiger partial charge is 0.367 e. The summed E-state index contributed by atoms with van der Waals surface area (Å²) in [5.41, 5.74) is 1.17. The molecule has 0 amide bonds. The van der Waals surface area contributed by atoms with Gasteiger partial charge in [0.1, 0.15) is 11.5 Å². The number of benzene rings is 2. The topological polar surface area (TPSA) is 49.6 Å². The lowest BCUT2D eigenvalue weighted by Gasteiger charge is -2.27. The molecule has 1 heterocycles. The van der Waals surface area contributed by atoms with E-state index in [0.29, 0.717) is 29.5 Å². The maximum Gasteiger partial charge on any atom is 0.292 e. The lowest BCUT2D eigenvalue weighted by Crippen LogP contribution is -2.35. The van der Waals surface area contributed by atoms with Crippen LogP contribution in [0.3, 0.4) is 0 Å². The normalized spacial score (nSPS) is 17.1. The number of nitro benzene ring substituents is 1. The third-order valence-electron chi connectivity index (χ3n) is 4.42. The average molecular weight is 350 g/mol. The lowest BCUT2D eigenvalue weighted by molar-refractivity contribution is -0.384. The van der Waals surface area contributed by atoms with Crippen LogP contribution in [0.4, 0.5) is 21.5 Å². The molecule has 0 aromatic heterocycles. The zero-order valence-corrected chi connectivity index (χ0v) is 13.9. The highest BCUT2D eigenvalue weighted by molar-refractivity contribution is 6.30. The van der Waals surface area contributed by atoms with E-state index in [0.717, 1.165) is 6.42 Å². The molecule has 1 aliphatic rings. The molecule has 1 aliphatic heterocycles. The molecule has 1 unspecified atom stereocenters. The van der Waals surface area contributed by atoms with Gasteiger partial charge in [0.05, 0.1) is 10.6 Å². The van der Waals surface area contributed by atoms with Crippen molar-refractivity contribution in [3.05, 3.63) is 63.4 Å². The van der Waals surface area contributed by atoms with Crippen molar-refractivity contribution in [2.24, 2.45) is 0 Å². The van der Waals surface area contributed by atoms with Crippen LogP contribution in [0, 0.1) is 15.9 Å². The Morgan fingerprint density at radius 2 is 2.08 bits per heavy atom. The third-order valence-corrected chi connectivity index (χ3v) is 4.66. The molecule has 2 aromatic rings. The summed E-state index contributed by atoms with van der Waals surface area (Å²) in [5.74, 6) is -0.350. The molecular formula is C17H17ClFN3O2. The first-order valence-corrected chi connectivity index (χ1v) is 8.01. The van der Waals surface area contributed by atoms with Gasteiger partial charge in [0.15, 0.2) is 0 Å². The van der Waals surface area contributed by atoms with E-state index in [1.807, 2.05) is 16.8 Å². The van der Waals surface area contributed by atoms with Crippen molar-refractivity contribution in [2.75, 3.05) is 29.9 Å². The van der Waals surface area contributed by atoms with Crippen molar-refractivity contribution < 1.29 is 9.31 Å². The molecule has 24 heavy (non-hydrogen) atoms. The SMILES string of the molecule is CN(c1ccccc1[N+](=O)[O-])C1CCN(c2ccc(Cl)cc2F)C1. The highest BCUT2D eigenvalue weighted by Crippen LogP contribution is 2.32. The van der Waals surface area contributed by atoms with Crippen molar-refractivity contribution in [1.29, 1.82) is 0 Å². The Morgan fingerprint density at radius 1 is 1.33 bits per heavy atom. The Labute approximate surface area is 144 Å². The summed E-state index contributed by atoms with van der Waals surface area (Å²) in [6, 6.07) is 11.4. The molecular weight excluding hydrogens is 333 g/mol. The summed E-state index contributed by atoms with van der Waals surface area (Å²) < 4.78 is 14.1. The van der Waals surface area contributed by atoms with Gasteiger partial charge in [-0.15, -0.1) is 0 Å². The third kappa shape index (κ3) is 3.14. The van der Waals surface area contributed by atoms with Gasteiger partial charge in [-0.25, -0.2) is 4.39 Å². The molecule has 7 heteroatoms. The predicted octanol–water partition coefficient (Wildman–Crippen LogP) is 4.10. The van der Waals surface area contributed by atoms with Crippen LogP contribution >= 0.6 is 11.6 Å². The number of likely N-dealkylation sites (N-methyl/N-ethyl adjacent to an activating group) is 1. The second kappa shape index (κ2) is 6.65. The Hall–Kier alpha value is -2.34. The van der Waals surface area contributed by atoms with Gasteiger partial charge in [0.25, 0.3) is 5.69 Å². The van der Waals surface area contributed by atoms with Gasteiger partial charge in [-0.2, -0.15) is 0 Å². The highest BCUT2D eigenvalue weighted by atomic mass is 35.5. The smallest absolute Gasteiger partial charge is 0.292 e. The molecule has 0 spiro atoms. The first-order valence-electron chi connectivity index (χ1n) is 7.63. The fourth-order valence-corrected chi connectivity index (χ4v) is 3.29. The van der Waals surface area contributed by atoms with Crippen molar-refractivity contribution in [3.63, 3.8) is 0 Å². The van der Waals surface area contributed by atoms with Gasteiger partial charge in [-0.3, -0.25) is 10.1 Å². The Kier molecular flexibility index (Phi) is 4.57. The standard InChI is InChI=1S/C17H17ClFN3O2/c1-20(16-4-2-3-5-17(16)22(23)24)13-8-9-21(11-13)15-7-6-12(18)10-14(15)19/h2-7,10,13H,8-9,11H2,1H3. The zero-order valence-electron chi connectivity index (χ0n) is 13.2. The van der Waals surface area contributed by atoms with Crippen LogP contribution in [0.25, 0.3) is 0 Å². The number of halogens is 2. The van der Waals surface area contributed by atoms with Gasteiger partial charge in [-0.05, 0) is 30.7 Å². The number of nitrogens with zero attached hydrogens (tertiary/aromatic N) is 3. The molecule has 0 saturated carbocycles. The molecule has 126 valence electrons. The second-order valence-corrected chi connectivity index (χ2v) is 6.28. The number of anilines is 2.